The van der Waals surface area contributed by atoms with E-state index in [0.29, 0.717) is 6.42 Å². The molecule has 1 saturated carbocycles. The molecule has 1 aromatic heterocycles. The van der Waals surface area contributed by atoms with E-state index in [1.54, 1.807) is 19.5 Å². The van der Waals surface area contributed by atoms with Crippen molar-refractivity contribution >= 4 is 12.4 Å². The Morgan fingerprint density at radius 3 is 2.56 bits per heavy atom. The number of fused-ring (bicyclic) bond motifs is 1. The Hall–Kier alpha value is -2.25. The second kappa shape index (κ2) is 7.40. The van der Waals surface area contributed by atoms with Crippen LogP contribution in [0.2, 0.25) is 0 Å². The number of halogens is 1. The first-order valence-electron chi connectivity index (χ1n) is 9.29. The lowest BCUT2D eigenvalue weighted by Crippen LogP contribution is -2.30. The first-order chi connectivity index (χ1) is 12.6. The number of hydrogen-bond donors (Lipinski definition) is 0. The molecule has 0 amide bonds. The number of aromatic nitrogens is 1. The third kappa shape index (κ3) is 3.37. The SMILES string of the molecule is COc1ccc(C(C)(C#N)Cc2ccncc2)c2c1OC1(CCCC1)C2.Cl. The molecule has 5 heteroatoms. The fourth-order valence-corrected chi connectivity index (χ4v) is 4.55. The molecule has 1 aliphatic carbocycles. The van der Waals surface area contributed by atoms with Crippen LogP contribution in [-0.2, 0) is 18.3 Å². The van der Waals surface area contributed by atoms with Crippen molar-refractivity contribution < 1.29 is 9.47 Å². The van der Waals surface area contributed by atoms with Crippen LogP contribution in [0.15, 0.2) is 36.7 Å². The van der Waals surface area contributed by atoms with E-state index in [1.807, 2.05) is 25.1 Å². The summed E-state index contributed by atoms with van der Waals surface area (Å²) in [6.45, 7) is 2.02. The zero-order chi connectivity index (χ0) is 18.2. The summed E-state index contributed by atoms with van der Waals surface area (Å²) in [5, 5.41) is 10.1. The number of benzene rings is 1. The molecular weight excluding hydrogens is 360 g/mol. The van der Waals surface area contributed by atoms with E-state index in [9.17, 15) is 5.26 Å². The summed E-state index contributed by atoms with van der Waals surface area (Å²) in [6, 6.07) is 10.5. The minimum atomic E-state index is -0.620. The van der Waals surface area contributed by atoms with E-state index in [0.717, 1.165) is 47.5 Å². The van der Waals surface area contributed by atoms with Gasteiger partial charge in [0.1, 0.15) is 5.60 Å². The van der Waals surface area contributed by atoms with E-state index in [1.165, 1.54) is 12.8 Å². The maximum atomic E-state index is 10.1. The summed E-state index contributed by atoms with van der Waals surface area (Å²) in [4.78, 5) is 4.08. The third-order valence-electron chi connectivity index (χ3n) is 5.92. The molecule has 1 spiro atoms. The molecule has 2 aliphatic rings. The Balaban J connectivity index is 0.00000210. The van der Waals surface area contributed by atoms with E-state index in [2.05, 4.69) is 17.1 Å². The summed E-state index contributed by atoms with van der Waals surface area (Å²) < 4.78 is 12.0. The number of ether oxygens (including phenoxy) is 2. The third-order valence-corrected chi connectivity index (χ3v) is 5.92. The Bertz CT molecular complexity index is 857. The largest absolute Gasteiger partial charge is 0.493 e. The van der Waals surface area contributed by atoms with Crippen molar-refractivity contribution in [3.05, 3.63) is 53.3 Å². The van der Waals surface area contributed by atoms with Gasteiger partial charge in [-0.1, -0.05) is 6.07 Å². The minimum absolute atomic E-state index is 0. The van der Waals surface area contributed by atoms with Crippen LogP contribution in [-0.4, -0.2) is 17.7 Å². The Morgan fingerprint density at radius 1 is 1.22 bits per heavy atom. The van der Waals surface area contributed by atoms with Crippen LogP contribution in [0.3, 0.4) is 0 Å². The van der Waals surface area contributed by atoms with Gasteiger partial charge in [0.15, 0.2) is 11.5 Å². The van der Waals surface area contributed by atoms with Crippen LogP contribution in [0, 0.1) is 11.3 Å². The number of methoxy groups -OCH3 is 1. The second-order valence-electron chi connectivity index (χ2n) is 7.77. The lowest BCUT2D eigenvalue weighted by molar-refractivity contribution is 0.0996. The smallest absolute Gasteiger partial charge is 0.165 e. The van der Waals surface area contributed by atoms with Gasteiger partial charge in [-0.15, -0.1) is 12.4 Å². The molecule has 1 fully saturated rings. The van der Waals surface area contributed by atoms with Crippen molar-refractivity contribution in [2.24, 2.45) is 0 Å². The second-order valence-corrected chi connectivity index (χ2v) is 7.77. The van der Waals surface area contributed by atoms with Gasteiger partial charge in [-0.05, 0) is 68.4 Å². The monoisotopic (exact) mass is 384 g/mol. The predicted molar refractivity (Wildman–Crippen MR) is 107 cm³/mol. The highest BCUT2D eigenvalue weighted by atomic mass is 35.5. The number of nitriles is 1. The molecule has 0 saturated heterocycles. The molecular formula is C22H25ClN2O2. The van der Waals surface area contributed by atoms with Crippen LogP contribution in [0.4, 0.5) is 0 Å². The highest BCUT2D eigenvalue weighted by Gasteiger charge is 2.46. The summed E-state index contributed by atoms with van der Waals surface area (Å²) in [5.41, 5.74) is 2.62. The van der Waals surface area contributed by atoms with Crippen LogP contribution in [0.1, 0.15) is 49.3 Å². The van der Waals surface area contributed by atoms with Crippen molar-refractivity contribution in [2.75, 3.05) is 7.11 Å². The molecule has 1 unspecified atom stereocenters. The van der Waals surface area contributed by atoms with Gasteiger partial charge in [0.2, 0.25) is 0 Å². The van der Waals surface area contributed by atoms with Gasteiger partial charge in [-0.25, -0.2) is 0 Å². The standard InChI is InChI=1S/C22H24N2O2.ClH/c1-21(15-23,13-16-7-11-24-12-8-16)18-5-6-19(25-2)20-17(18)14-22(26-20)9-3-4-10-22;/h5-8,11-12H,3-4,9-10,13-14H2,1-2H3;1H. The highest BCUT2D eigenvalue weighted by Crippen LogP contribution is 2.51. The number of rotatable bonds is 4. The molecule has 2 heterocycles. The summed E-state index contributed by atoms with van der Waals surface area (Å²) >= 11 is 0. The molecule has 1 atom stereocenters. The minimum Gasteiger partial charge on any atom is -0.493 e. The van der Waals surface area contributed by atoms with Crippen molar-refractivity contribution in [1.29, 1.82) is 5.26 Å². The van der Waals surface area contributed by atoms with E-state index >= 15 is 0 Å². The molecule has 1 aliphatic heterocycles. The van der Waals surface area contributed by atoms with Crippen LogP contribution in [0.25, 0.3) is 0 Å². The van der Waals surface area contributed by atoms with Gasteiger partial charge in [-0.2, -0.15) is 5.26 Å². The number of nitrogens with zero attached hydrogens (tertiary/aromatic N) is 2. The first kappa shape index (κ1) is 19.5. The van der Waals surface area contributed by atoms with Gasteiger partial charge in [0.25, 0.3) is 0 Å². The van der Waals surface area contributed by atoms with Crippen molar-refractivity contribution in [1.82, 2.24) is 4.98 Å². The molecule has 27 heavy (non-hydrogen) atoms. The molecule has 2 aromatic rings. The quantitative estimate of drug-likeness (QED) is 0.760. The average Bonchev–Trinajstić information content (AvgIpc) is 3.28. The van der Waals surface area contributed by atoms with Crippen LogP contribution in [0.5, 0.6) is 11.5 Å². The molecule has 0 radical (unpaired) electrons. The van der Waals surface area contributed by atoms with Gasteiger partial charge in [-0.3, -0.25) is 4.98 Å². The normalized spacial score (nSPS) is 18.7. The summed E-state index contributed by atoms with van der Waals surface area (Å²) in [5.74, 6) is 1.62. The van der Waals surface area contributed by atoms with Crippen LogP contribution >= 0.6 is 12.4 Å². The lowest BCUT2D eigenvalue weighted by Gasteiger charge is -2.25. The van der Waals surface area contributed by atoms with E-state index in [4.69, 9.17) is 9.47 Å². The Kier molecular flexibility index (Phi) is 5.35. The maximum Gasteiger partial charge on any atom is 0.165 e. The summed E-state index contributed by atoms with van der Waals surface area (Å²) in [6.07, 6.45) is 9.66. The molecule has 142 valence electrons. The summed E-state index contributed by atoms with van der Waals surface area (Å²) in [7, 11) is 1.68. The first-order valence-corrected chi connectivity index (χ1v) is 9.29. The van der Waals surface area contributed by atoms with Crippen LogP contribution < -0.4 is 9.47 Å². The molecule has 0 bridgehead atoms. The highest BCUT2D eigenvalue weighted by molar-refractivity contribution is 5.85. The Morgan fingerprint density at radius 2 is 1.93 bits per heavy atom. The Labute approximate surface area is 166 Å². The fraction of sp³-hybridized carbons (Fsp3) is 0.455. The van der Waals surface area contributed by atoms with Crippen molar-refractivity contribution in [3.8, 4) is 17.6 Å². The van der Waals surface area contributed by atoms with E-state index < -0.39 is 5.41 Å². The molecule has 0 N–H and O–H groups in total. The maximum absolute atomic E-state index is 10.1. The van der Waals surface area contributed by atoms with Gasteiger partial charge >= 0.3 is 0 Å². The molecule has 1 aromatic carbocycles. The van der Waals surface area contributed by atoms with Crippen molar-refractivity contribution in [2.45, 2.75) is 56.5 Å². The van der Waals surface area contributed by atoms with Gasteiger partial charge in [0.05, 0.1) is 18.6 Å². The lowest BCUT2D eigenvalue weighted by atomic mass is 9.75. The van der Waals surface area contributed by atoms with Crippen molar-refractivity contribution in [3.63, 3.8) is 0 Å². The van der Waals surface area contributed by atoms with Gasteiger partial charge in [0, 0.05) is 24.4 Å². The number of pyridine rings is 1. The average molecular weight is 385 g/mol. The zero-order valence-electron chi connectivity index (χ0n) is 15.8. The molecule has 4 rings (SSSR count). The number of hydrogen-bond acceptors (Lipinski definition) is 4. The molecule has 4 nitrogen and oxygen atoms in total. The fourth-order valence-electron chi connectivity index (χ4n) is 4.55. The van der Waals surface area contributed by atoms with E-state index in [-0.39, 0.29) is 18.0 Å². The zero-order valence-corrected chi connectivity index (χ0v) is 16.6. The van der Waals surface area contributed by atoms with Gasteiger partial charge < -0.3 is 9.47 Å². The predicted octanol–water partition coefficient (Wildman–Crippen LogP) is 4.78. The topological polar surface area (TPSA) is 55.1 Å².